The highest BCUT2D eigenvalue weighted by Crippen LogP contribution is 2.37. The summed E-state index contributed by atoms with van der Waals surface area (Å²) < 4.78 is 4.60. The zero-order chi connectivity index (χ0) is 25.1. The number of benzene rings is 2. The van der Waals surface area contributed by atoms with Gasteiger partial charge in [-0.15, -0.1) is 0 Å². The lowest BCUT2D eigenvalue weighted by Gasteiger charge is -2.34. The average molecular weight is 458 g/mol. The summed E-state index contributed by atoms with van der Waals surface area (Å²) in [4.78, 5) is 0. The Kier molecular flexibility index (Phi) is 5.78. The standard InChI is InChI=1S/C31H43N3/c1-28(2,3)24-11-13-26-22(19-24)15-18-33(26)31(9,10)17-16-30(7,8)25-12-14-27-23(20-25)21-32-34(27)29(4,5)6/h11-15,18-21H,16-17H2,1-10H3. The highest BCUT2D eigenvalue weighted by Gasteiger charge is 2.29. The summed E-state index contributed by atoms with van der Waals surface area (Å²) in [5, 5.41) is 7.23. The lowest BCUT2D eigenvalue weighted by molar-refractivity contribution is 0.292. The first-order valence-electron chi connectivity index (χ1n) is 12.7. The van der Waals surface area contributed by atoms with E-state index in [0.717, 1.165) is 12.8 Å². The van der Waals surface area contributed by atoms with E-state index >= 15 is 0 Å². The van der Waals surface area contributed by atoms with Gasteiger partial charge >= 0.3 is 0 Å². The van der Waals surface area contributed by atoms with Crippen LogP contribution in [0.15, 0.2) is 54.9 Å². The monoisotopic (exact) mass is 457 g/mol. The lowest BCUT2D eigenvalue weighted by atomic mass is 9.77. The van der Waals surface area contributed by atoms with Crippen molar-refractivity contribution < 1.29 is 0 Å². The second-order valence-corrected chi connectivity index (χ2v) is 13.4. The Balaban J connectivity index is 1.57. The Bertz CT molecular complexity index is 1320. The molecule has 0 aliphatic carbocycles. The fraction of sp³-hybridized carbons (Fsp3) is 0.516. The third-order valence-corrected chi connectivity index (χ3v) is 7.56. The van der Waals surface area contributed by atoms with E-state index in [9.17, 15) is 0 Å². The van der Waals surface area contributed by atoms with Gasteiger partial charge in [0.2, 0.25) is 0 Å². The van der Waals surface area contributed by atoms with Crippen LogP contribution in [0.2, 0.25) is 0 Å². The minimum absolute atomic E-state index is 0.0179. The zero-order valence-corrected chi connectivity index (χ0v) is 23.0. The molecule has 0 radical (unpaired) electrons. The number of hydrogen-bond acceptors (Lipinski definition) is 1. The molecule has 0 fully saturated rings. The largest absolute Gasteiger partial charge is 0.342 e. The van der Waals surface area contributed by atoms with Crippen LogP contribution in [0.5, 0.6) is 0 Å². The van der Waals surface area contributed by atoms with Crippen LogP contribution in [-0.4, -0.2) is 14.3 Å². The van der Waals surface area contributed by atoms with Crippen LogP contribution in [0.4, 0.5) is 0 Å². The molecule has 2 aromatic heterocycles. The minimum Gasteiger partial charge on any atom is -0.342 e. The first-order chi connectivity index (χ1) is 15.6. The zero-order valence-electron chi connectivity index (χ0n) is 23.0. The molecule has 0 aliphatic rings. The fourth-order valence-electron chi connectivity index (χ4n) is 5.01. The molecule has 182 valence electrons. The van der Waals surface area contributed by atoms with Crippen LogP contribution in [0, 0.1) is 0 Å². The van der Waals surface area contributed by atoms with Crippen LogP contribution in [0.3, 0.4) is 0 Å². The van der Waals surface area contributed by atoms with Gasteiger partial charge in [0.05, 0.1) is 17.3 Å². The van der Waals surface area contributed by atoms with E-state index in [0.29, 0.717) is 0 Å². The number of nitrogens with zero attached hydrogens (tertiary/aromatic N) is 3. The second-order valence-electron chi connectivity index (χ2n) is 13.4. The summed E-state index contributed by atoms with van der Waals surface area (Å²) in [7, 11) is 0. The Morgan fingerprint density at radius 1 is 0.676 bits per heavy atom. The van der Waals surface area contributed by atoms with Crippen LogP contribution in [0.25, 0.3) is 21.8 Å². The predicted octanol–water partition coefficient (Wildman–Crippen LogP) is 8.54. The highest BCUT2D eigenvalue weighted by atomic mass is 15.3. The molecule has 0 saturated carbocycles. The van der Waals surface area contributed by atoms with E-state index < -0.39 is 0 Å². The molecule has 0 saturated heterocycles. The second kappa shape index (κ2) is 8.00. The third-order valence-electron chi connectivity index (χ3n) is 7.56. The summed E-state index contributed by atoms with van der Waals surface area (Å²) >= 11 is 0. The van der Waals surface area contributed by atoms with Crippen LogP contribution < -0.4 is 0 Å². The topological polar surface area (TPSA) is 22.8 Å². The van der Waals surface area contributed by atoms with Gasteiger partial charge in [0.15, 0.2) is 0 Å². The van der Waals surface area contributed by atoms with Crippen LogP contribution in [-0.2, 0) is 21.9 Å². The van der Waals surface area contributed by atoms with Gasteiger partial charge in [0.25, 0.3) is 0 Å². The maximum atomic E-state index is 4.67. The normalized spacial score (nSPS) is 13.8. The van der Waals surface area contributed by atoms with Crippen molar-refractivity contribution in [2.75, 3.05) is 0 Å². The Labute approximate surface area is 206 Å². The summed E-state index contributed by atoms with van der Waals surface area (Å²) in [6.45, 7) is 22.9. The van der Waals surface area contributed by atoms with Gasteiger partial charge in [-0.1, -0.05) is 46.8 Å². The van der Waals surface area contributed by atoms with Crippen molar-refractivity contribution in [2.24, 2.45) is 0 Å². The molecular weight excluding hydrogens is 414 g/mol. The minimum atomic E-state index is -0.0179. The third kappa shape index (κ3) is 4.54. The fourth-order valence-corrected chi connectivity index (χ4v) is 5.01. The SMILES string of the molecule is CC(C)(C)c1ccc2c(ccn2C(C)(C)CCC(C)(C)c2ccc3c(cnn3C(C)(C)C)c2)c1. The number of hydrogen-bond donors (Lipinski definition) is 0. The maximum absolute atomic E-state index is 4.67. The smallest absolute Gasteiger partial charge is 0.0688 e. The number of fused-ring (bicyclic) bond motifs is 2. The Morgan fingerprint density at radius 2 is 1.29 bits per heavy atom. The van der Waals surface area contributed by atoms with Gasteiger partial charge in [-0.05, 0) is 105 Å². The summed E-state index contributed by atoms with van der Waals surface area (Å²) in [6, 6.07) is 16.1. The van der Waals surface area contributed by atoms with Gasteiger partial charge in [-0.3, -0.25) is 4.68 Å². The molecule has 2 heterocycles. The van der Waals surface area contributed by atoms with Crippen LogP contribution in [0.1, 0.15) is 93.2 Å². The molecule has 4 rings (SSSR count). The van der Waals surface area contributed by atoms with E-state index in [-0.39, 0.29) is 21.9 Å². The summed E-state index contributed by atoms with van der Waals surface area (Å²) in [6.07, 6.45) is 6.50. The highest BCUT2D eigenvalue weighted by molar-refractivity contribution is 5.82. The van der Waals surface area contributed by atoms with Gasteiger partial charge in [-0.25, -0.2) is 0 Å². The van der Waals surface area contributed by atoms with E-state index in [1.165, 1.54) is 32.9 Å². The van der Waals surface area contributed by atoms with E-state index in [2.05, 4.69) is 132 Å². The quantitative estimate of drug-likeness (QED) is 0.294. The number of aromatic nitrogens is 3. The molecule has 0 amide bonds. The molecule has 0 unspecified atom stereocenters. The first-order valence-corrected chi connectivity index (χ1v) is 12.7. The first kappa shape index (κ1) is 24.6. The molecule has 0 aliphatic heterocycles. The molecule has 0 spiro atoms. The van der Waals surface area contributed by atoms with Gasteiger partial charge in [0.1, 0.15) is 0 Å². The molecule has 34 heavy (non-hydrogen) atoms. The molecule has 3 heteroatoms. The van der Waals surface area contributed by atoms with Crippen molar-refractivity contribution in [3.05, 3.63) is 66.0 Å². The van der Waals surface area contributed by atoms with Crippen molar-refractivity contribution in [1.82, 2.24) is 14.3 Å². The van der Waals surface area contributed by atoms with Gasteiger partial charge in [0, 0.05) is 22.6 Å². The molecule has 0 bridgehead atoms. The molecule has 3 nitrogen and oxygen atoms in total. The Morgan fingerprint density at radius 3 is 1.94 bits per heavy atom. The molecule has 0 N–H and O–H groups in total. The average Bonchev–Trinajstić information content (AvgIpc) is 3.35. The van der Waals surface area contributed by atoms with Gasteiger partial charge in [-0.2, -0.15) is 5.10 Å². The number of rotatable bonds is 5. The predicted molar refractivity (Wildman–Crippen MR) is 147 cm³/mol. The summed E-state index contributed by atoms with van der Waals surface area (Å²) in [5.41, 5.74) is 5.57. The molecule has 2 aromatic carbocycles. The van der Waals surface area contributed by atoms with E-state index in [4.69, 9.17) is 0 Å². The van der Waals surface area contributed by atoms with E-state index in [1.54, 1.807) is 0 Å². The van der Waals surface area contributed by atoms with Crippen molar-refractivity contribution in [3.8, 4) is 0 Å². The Hall–Kier alpha value is -2.55. The van der Waals surface area contributed by atoms with Crippen molar-refractivity contribution in [1.29, 1.82) is 0 Å². The van der Waals surface area contributed by atoms with Crippen molar-refractivity contribution in [3.63, 3.8) is 0 Å². The van der Waals surface area contributed by atoms with Crippen molar-refractivity contribution >= 4 is 21.8 Å². The van der Waals surface area contributed by atoms with Crippen molar-refractivity contribution in [2.45, 2.75) is 104 Å². The lowest BCUT2D eigenvalue weighted by Crippen LogP contribution is -2.29. The molecular formula is C31H43N3. The molecule has 4 aromatic rings. The van der Waals surface area contributed by atoms with Crippen LogP contribution >= 0.6 is 0 Å². The molecule has 0 atom stereocenters. The van der Waals surface area contributed by atoms with E-state index in [1.807, 2.05) is 6.20 Å². The van der Waals surface area contributed by atoms with Gasteiger partial charge < -0.3 is 4.57 Å². The summed E-state index contributed by atoms with van der Waals surface area (Å²) in [5.74, 6) is 0. The maximum Gasteiger partial charge on any atom is 0.0688 e.